The summed E-state index contributed by atoms with van der Waals surface area (Å²) >= 11 is 0. The minimum atomic E-state index is 0.176. The molecule has 0 unspecified atom stereocenters. The first-order chi connectivity index (χ1) is 11.0. The number of nitrogen functional groups attached to an aromatic ring is 2. The van der Waals surface area contributed by atoms with Gasteiger partial charge in [0.15, 0.2) is 5.82 Å². The third kappa shape index (κ3) is 3.39. The van der Waals surface area contributed by atoms with Gasteiger partial charge in [-0.1, -0.05) is 38.1 Å². The lowest BCUT2D eigenvalue weighted by Gasteiger charge is -2.08. The molecule has 5 heteroatoms. The van der Waals surface area contributed by atoms with Crippen molar-refractivity contribution in [1.29, 1.82) is 0 Å². The summed E-state index contributed by atoms with van der Waals surface area (Å²) in [5.74, 6) is 1.06. The van der Waals surface area contributed by atoms with Crippen molar-refractivity contribution in [2.24, 2.45) is 0 Å². The molecule has 0 saturated carbocycles. The van der Waals surface area contributed by atoms with Gasteiger partial charge in [0.05, 0.1) is 5.52 Å². The number of benzene rings is 1. The maximum Gasteiger partial charge on any atom is 0.222 e. The highest BCUT2D eigenvalue weighted by Gasteiger charge is 2.06. The number of nitrogens with zero attached hydrogens (tertiary/aromatic N) is 3. The molecule has 23 heavy (non-hydrogen) atoms. The van der Waals surface area contributed by atoms with Crippen molar-refractivity contribution in [3.63, 3.8) is 0 Å². The molecule has 0 radical (unpaired) electrons. The molecular formula is C18H21N5. The Hall–Kier alpha value is -2.69. The van der Waals surface area contributed by atoms with E-state index >= 15 is 0 Å². The second-order valence-corrected chi connectivity index (χ2v) is 6.03. The molecule has 2 aromatic heterocycles. The smallest absolute Gasteiger partial charge is 0.222 e. The summed E-state index contributed by atoms with van der Waals surface area (Å²) in [6.45, 7) is 4.40. The molecular weight excluding hydrogens is 286 g/mol. The largest absolute Gasteiger partial charge is 0.382 e. The van der Waals surface area contributed by atoms with E-state index in [4.69, 9.17) is 11.5 Å². The number of hydrogen-bond acceptors (Lipinski definition) is 5. The summed E-state index contributed by atoms with van der Waals surface area (Å²) in [6, 6.07) is 12.6. The zero-order valence-corrected chi connectivity index (χ0v) is 13.5. The zero-order valence-electron chi connectivity index (χ0n) is 13.5. The van der Waals surface area contributed by atoms with E-state index in [1.54, 1.807) is 0 Å². The average molecular weight is 307 g/mol. The van der Waals surface area contributed by atoms with Crippen LogP contribution in [-0.2, 0) is 12.8 Å². The van der Waals surface area contributed by atoms with Gasteiger partial charge in [0.25, 0.3) is 0 Å². The fourth-order valence-electron chi connectivity index (χ4n) is 2.58. The van der Waals surface area contributed by atoms with Crippen molar-refractivity contribution in [2.45, 2.75) is 32.6 Å². The highest BCUT2D eigenvalue weighted by molar-refractivity contribution is 5.84. The van der Waals surface area contributed by atoms with Crippen molar-refractivity contribution in [2.75, 3.05) is 11.5 Å². The van der Waals surface area contributed by atoms with Crippen LogP contribution in [0.4, 0.5) is 11.8 Å². The monoisotopic (exact) mass is 307 g/mol. The van der Waals surface area contributed by atoms with E-state index in [0.29, 0.717) is 22.8 Å². The summed E-state index contributed by atoms with van der Waals surface area (Å²) in [5.41, 5.74) is 16.4. The van der Waals surface area contributed by atoms with Crippen LogP contribution in [0.5, 0.6) is 0 Å². The minimum absolute atomic E-state index is 0.176. The number of rotatable bonds is 4. The average Bonchev–Trinajstić information content (AvgIpc) is 2.53. The lowest BCUT2D eigenvalue weighted by Crippen LogP contribution is -2.03. The number of nitrogens with two attached hydrogens (primary N) is 2. The Balaban J connectivity index is 1.76. The SMILES string of the molecule is CC(C)c1ccc(CCc2ccc3nc(N)nc(N)c3n2)cc1. The number of anilines is 2. The maximum atomic E-state index is 5.88. The second-order valence-electron chi connectivity index (χ2n) is 6.03. The highest BCUT2D eigenvalue weighted by atomic mass is 15.0. The van der Waals surface area contributed by atoms with Crippen molar-refractivity contribution in [1.82, 2.24) is 15.0 Å². The fourth-order valence-corrected chi connectivity index (χ4v) is 2.58. The Kier molecular flexibility index (Phi) is 4.10. The van der Waals surface area contributed by atoms with Gasteiger partial charge in [-0.2, -0.15) is 4.98 Å². The van der Waals surface area contributed by atoms with Crippen LogP contribution in [0, 0.1) is 0 Å². The first-order valence-electron chi connectivity index (χ1n) is 7.80. The molecule has 118 valence electrons. The van der Waals surface area contributed by atoms with Gasteiger partial charge in [-0.05, 0) is 42.0 Å². The van der Waals surface area contributed by atoms with Crippen LogP contribution >= 0.6 is 0 Å². The van der Waals surface area contributed by atoms with E-state index in [9.17, 15) is 0 Å². The van der Waals surface area contributed by atoms with Crippen molar-refractivity contribution in [3.05, 3.63) is 53.2 Å². The van der Waals surface area contributed by atoms with Crippen LogP contribution in [0.1, 0.15) is 36.6 Å². The predicted octanol–water partition coefficient (Wildman–Crippen LogP) is 3.10. The van der Waals surface area contributed by atoms with Gasteiger partial charge in [0.1, 0.15) is 5.52 Å². The molecule has 3 aromatic rings. The van der Waals surface area contributed by atoms with Gasteiger partial charge in [0.2, 0.25) is 5.95 Å². The molecule has 4 N–H and O–H groups in total. The van der Waals surface area contributed by atoms with E-state index in [2.05, 4.69) is 53.1 Å². The molecule has 2 heterocycles. The van der Waals surface area contributed by atoms with Gasteiger partial charge < -0.3 is 11.5 Å². The summed E-state index contributed by atoms with van der Waals surface area (Å²) in [5, 5.41) is 0. The van der Waals surface area contributed by atoms with Crippen LogP contribution in [0.3, 0.4) is 0 Å². The molecule has 0 fully saturated rings. The Morgan fingerprint density at radius 3 is 2.30 bits per heavy atom. The highest BCUT2D eigenvalue weighted by Crippen LogP contribution is 2.19. The van der Waals surface area contributed by atoms with Crippen LogP contribution in [0.15, 0.2) is 36.4 Å². The second kappa shape index (κ2) is 6.20. The van der Waals surface area contributed by atoms with Crippen LogP contribution in [0.2, 0.25) is 0 Å². The molecule has 0 saturated heterocycles. The van der Waals surface area contributed by atoms with E-state index < -0.39 is 0 Å². The Morgan fingerprint density at radius 2 is 1.61 bits per heavy atom. The molecule has 0 spiro atoms. The summed E-state index contributed by atoms with van der Waals surface area (Å²) in [4.78, 5) is 12.7. The molecule has 0 aliphatic rings. The Bertz CT molecular complexity index is 825. The van der Waals surface area contributed by atoms with Gasteiger partial charge >= 0.3 is 0 Å². The van der Waals surface area contributed by atoms with E-state index in [1.807, 2.05) is 12.1 Å². The molecule has 0 amide bonds. The van der Waals surface area contributed by atoms with Gasteiger partial charge in [-0.15, -0.1) is 0 Å². The molecule has 0 atom stereocenters. The lowest BCUT2D eigenvalue weighted by molar-refractivity contribution is 0.861. The number of hydrogen-bond donors (Lipinski definition) is 2. The van der Waals surface area contributed by atoms with E-state index in [-0.39, 0.29) is 5.95 Å². The Morgan fingerprint density at radius 1 is 0.870 bits per heavy atom. The first kappa shape index (κ1) is 15.2. The molecule has 0 bridgehead atoms. The number of aryl methyl sites for hydroxylation is 2. The van der Waals surface area contributed by atoms with E-state index in [1.165, 1.54) is 11.1 Å². The quantitative estimate of drug-likeness (QED) is 0.773. The lowest BCUT2D eigenvalue weighted by atomic mass is 10.00. The summed E-state index contributed by atoms with van der Waals surface area (Å²) in [7, 11) is 0. The molecule has 0 aliphatic carbocycles. The fraction of sp³-hybridized carbons (Fsp3) is 0.278. The minimum Gasteiger partial charge on any atom is -0.382 e. The molecule has 3 rings (SSSR count). The third-order valence-corrected chi connectivity index (χ3v) is 3.96. The number of fused-ring (bicyclic) bond motifs is 1. The predicted molar refractivity (Wildman–Crippen MR) is 94.1 cm³/mol. The Labute approximate surface area is 135 Å². The normalized spacial score (nSPS) is 11.3. The van der Waals surface area contributed by atoms with Crippen molar-refractivity contribution in [3.8, 4) is 0 Å². The summed E-state index contributed by atoms with van der Waals surface area (Å²) < 4.78 is 0. The molecule has 1 aromatic carbocycles. The number of pyridine rings is 1. The van der Waals surface area contributed by atoms with Gasteiger partial charge in [0, 0.05) is 5.69 Å². The zero-order chi connectivity index (χ0) is 16.4. The number of aromatic nitrogens is 3. The first-order valence-corrected chi connectivity index (χ1v) is 7.80. The molecule has 0 aliphatic heterocycles. The molecule has 5 nitrogen and oxygen atoms in total. The van der Waals surface area contributed by atoms with Crippen LogP contribution in [0.25, 0.3) is 11.0 Å². The van der Waals surface area contributed by atoms with Gasteiger partial charge in [-0.3, -0.25) is 0 Å². The topological polar surface area (TPSA) is 90.7 Å². The van der Waals surface area contributed by atoms with Crippen LogP contribution < -0.4 is 11.5 Å². The van der Waals surface area contributed by atoms with Crippen molar-refractivity contribution < 1.29 is 0 Å². The van der Waals surface area contributed by atoms with Crippen LogP contribution in [-0.4, -0.2) is 15.0 Å². The standard InChI is InChI=1S/C18H21N5/c1-11(2)13-6-3-12(4-7-13)5-8-14-9-10-15-16(21-14)17(19)23-18(20)22-15/h3-4,6-7,9-11H,5,8H2,1-2H3,(H4,19,20,22,23). The van der Waals surface area contributed by atoms with E-state index in [0.717, 1.165) is 18.5 Å². The van der Waals surface area contributed by atoms with Crippen molar-refractivity contribution >= 4 is 22.8 Å². The maximum absolute atomic E-state index is 5.88. The third-order valence-electron chi connectivity index (χ3n) is 3.96. The summed E-state index contributed by atoms with van der Waals surface area (Å²) in [6.07, 6.45) is 1.79. The van der Waals surface area contributed by atoms with Gasteiger partial charge in [-0.25, -0.2) is 9.97 Å².